The third-order valence-electron chi connectivity index (χ3n) is 4.10. The molecule has 0 saturated heterocycles. The maximum absolute atomic E-state index is 12.9. The van der Waals surface area contributed by atoms with E-state index < -0.39 is 0 Å². The number of hydrogen-bond donors (Lipinski definition) is 0. The van der Waals surface area contributed by atoms with Crippen LogP contribution in [0.5, 0.6) is 0 Å². The fourth-order valence-electron chi connectivity index (χ4n) is 2.80. The van der Waals surface area contributed by atoms with Crippen LogP contribution in [0.1, 0.15) is 16.1 Å². The van der Waals surface area contributed by atoms with Crippen molar-refractivity contribution in [3.05, 3.63) is 96.5 Å². The molecule has 0 radical (unpaired) electrons. The van der Waals surface area contributed by atoms with Crippen molar-refractivity contribution in [2.45, 2.75) is 5.16 Å². The van der Waals surface area contributed by atoms with Crippen molar-refractivity contribution in [2.24, 2.45) is 0 Å². The number of fused-ring (bicyclic) bond motifs is 1. The Labute approximate surface area is 167 Å². The van der Waals surface area contributed by atoms with Crippen LogP contribution < -0.4 is 0 Å². The number of carbonyl (C=O) groups excluding carboxylic acids is 1. The average molecular weight is 386 g/mol. The highest BCUT2D eigenvalue weighted by Gasteiger charge is 2.15. The number of imidazole rings is 1. The molecule has 0 saturated carbocycles. The second-order valence-corrected chi connectivity index (χ2v) is 7.02. The molecule has 138 valence electrons. The lowest BCUT2D eigenvalue weighted by Crippen LogP contribution is -2.08. The average Bonchev–Trinajstić information content (AvgIpc) is 3.37. The second kappa shape index (κ2) is 8.59. The van der Waals surface area contributed by atoms with E-state index >= 15 is 0 Å². The molecule has 0 aliphatic carbocycles. The first kappa shape index (κ1) is 18.1. The highest BCUT2D eigenvalue weighted by Crippen LogP contribution is 2.24. The zero-order valence-corrected chi connectivity index (χ0v) is 15.9. The third kappa shape index (κ3) is 4.15. The Morgan fingerprint density at radius 3 is 2.64 bits per heavy atom. The summed E-state index contributed by atoms with van der Waals surface area (Å²) >= 11 is 1.53. The van der Waals surface area contributed by atoms with Crippen molar-refractivity contribution in [3.8, 4) is 0 Å². The fourth-order valence-corrected chi connectivity index (χ4v) is 3.62. The lowest BCUT2D eigenvalue weighted by Gasteiger charge is -2.03. The van der Waals surface area contributed by atoms with E-state index in [9.17, 15) is 4.79 Å². The van der Waals surface area contributed by atoms with Crippen LogP contribution >= 0.6 is 11.8 Å². The fraction of sp³-hybridized carbons (Fsp3) is 0.0435. The van der Waals surface area contributed by atoms with Gasteiger partial charge in [0.15, 0.2) is 5.16 Å². The number of hydrogen-bond acceptors (Lipinski definition) is 4. The summed E-state index contributed by atoms with van der Waals surface area (Å²) in [6, 6.07) is 21.4. The minimum Gasteiger partial charge on any atom is -0.465 e. The Kier molecular flexibility index (Phi) is 5.54. The smallest absolute Gasteiger partial charge is 0.257 e. The van der Waals surface area contributed by atoms with Crippen molar-refractivity contribution < 1.29 is 9.21 Å². The largest absolute Gasteiger partial charge is 0.465 e. The Balaban J connectivity index is 1.56. The zero-order chi connectivity index (χ0) is 19.2. The van der Waals surface area contributed by atoms with Crippen molar-refractivity contribution in [3.63, 3.8) is 0 Å². The van der Waals surface area contributed by atoms with Gasteiger partial charge in [-0.1, -0.05) is 66.4 Å². The number of aromatic nitrogens is 2. The molecule has 0 spiro atoms. The predicted octanol–water partition coefficient (Wildman–Crippen LogP) is 5.79. The van der Waals surface area contributed by atoms with Crippen molar-refractivity contribution >= 4 is 40.9 Å². The van der Waals surface area contributed by atoms with E-state index in [1.165, 1.54) is 17.8 Å². The second-order valence-electron chi connectivity index (χ2n) is 6.03. The maximum Gasteiger partial charge on any atom is 0.257 e. The molecule has 0 unspecified atom stereocenters. The SMILES string of the molecule is O=C(/C=C\c1ccco1)n1c(SC/C=C/c2ccccc2)nc2ccccc21. The summed E-state index contributed by atoms with van der Waals surface area (Å²) in [7, 11) is 0. The van der Waals surface area contributed by atoms with Gasteiger partial charge in [0.05, 0.1) is 17.3 Å². The summed E-state index contributed by atoms with van der Waals surface area (Å²) in [6.45, 7) is 0. The Bertz CT molecular complexity index is 1130. The quantitative estimate of drug-likeness (QED) is 0.311. The molecule has 0 N–H and O–H groups in total. The van der Waals surface area contributed by atoms with E-state index in [0.29, 0.717) is 16.7 Å². The van der Waals surface area contributed by atoms with E-state index in [-0.39, 0.29) is 5.91 Å². The van der Waals surface area contributed by atoms with Crippen LogP contribution in [0, 0.1) is 0 Å². The molecule has 2 heterocycles. The highest BCUT2D eigenvalue weighted by molar-refractivity contribution is 7.99. The maximum atomic E-state index is 12.9. The van der Waals surface area contributed by atoms with Gasteiger partial charge in [0, 0.05) is 11.8 Å². The molecule has 28 heavy (non-hydrogen) atoms. The van der Waals surface area contributed by atoms with Gasteiger partial charge >= 0.3 is 0 Å². The summed E-state index contributed by atoms with van der Waals surface area (Å²) in [5, 5.41) is 0.674. The third-order valence-corrected chi connectivity index (χ3v) is 4.99. The molecule has 0 amide bonds. The van der Waals surface area contributed by atoms with Gasteiger partial charge in [-0.15, -0.1) is 0 Å². The number of allylic oxidation sites excluding steroid dienone is 1. The lowest BCUT2D eigenvalue weighted by molar-refractivity contribution is 0.0965. The first-order valence-corrected chi connectivity index (χ1v) is 9.87. The number of rotatable bonds is 6. The summed E-state index contributed by atoms with van der Waals surface area (Å²) in [5.74, 6) is 1.20. The molecule has 4 rings (SSSR count). The summed E-state index contributed by atoms with van der Waals surface area (Å²) < 4.78 is 6.91. The van der Waals surface area contributed by atoms with E-state index in [4.69, 9.17) is 4.42 Å². The number of para-hydroxylation sites is 2. The normalized spacial score (nSPS) is 11.7. The van der Waals surface area contributed by atoms with E-state index in [1.54, 1.807) is 29.0 Å². The van der Waals surface area contributed by atoms with Crippen LogP contribution in [-0.4, -0.2) is 21.2 Å². The number of nitrogens with zero attached hydrogens (tertiary/aromatic N) is 2. The molecule has 4 aromatic rings. The standard InChI is InChI=1S/C23H18N2O2S/c26-22(15-14-19-11-6-16-27-19)25-21-13-5-4-12-20(21)24-23(25)28-17-7-10-18-8-2-1-3-9-18/h1-16H,17H2/b10-7+,15-14-. The summed E-state index contributed by atoms with van der Waals surface area (Å²) in [4.78, 5) is 17.5. The molecule has 0 aliphatic heterocycles. The van der Waals surface area contributed by atoms with Crippen molar-refractivity contribution in [1.29, 1.82) is 0 Å². The topological polar surface area (TPSA) is 48.0 Å². The van der Waals surface area contributed by atoms with Crippen LogP contribution in [0.4, 0.5) is 0 Å². The first-order valence-electron chi connectivity index (χ1n) is 8.89. The Morgan fingerprint density at radius 1 is 1.00 bits per heavy atom. The molecule has 4 nitrogen and oxygen atoms in total. The van der Waals surface area contributed by atoms with Gasteiger partial charge in [0.25, 0.3) is 5.91 Å². The minimum atomic E-state index is -0.153. The van der Waals surface area contributed by atoms with Gasteiger partial charge in [0.1, 0.15) is 5.76 Å². The monoisotopic (exact) mass is 386 g/mol. The van der Waals surface area contributed by atoms with Crippen LogP contribution in [0.2, 0.25) is 0 Å². The Hall–Kier alpha value is -3.31. The van der Waals surface area contributed by atoms with Gasteiger partial charge in [-0.05, 0) is 35.9 Å². The molecule has 0 aliphatic rings. The molecule has 2 aromatic carbocycles. The van der Waals surface area contributed by atoms with E-state index in [1.807, 2.05) is 42.5 Å². The molecular formula is C23H18N2O2S. The number of benzene rings is 2. The molecule has 0 bridgehead atoms. The minimum absolute atomic E-state index is 0.153. The first-order chi connectivity index (χ1) is 13.8. The molecule has 0 fully saturated rings. The van der Waals surface area contributed by atoms with Gasteiger partial charge in [-0.2, -0.15) is 0 Å². The van der Waals surface area contributed by atoms with Gasteiger partial charge in [-0.3, -0.25) is 9.36 Å². The lowest BCUT2D eigenvalue weighted by atomic mass is 10.2. The zero-order valence-electron chi connectivity index (χ0n) is 15.1. The van der Waals surface area contributed by atoms with Crippen molar-refractivity contribution in [1.82, 2.24) is 9.55 Å². The van der Waals surface area contributed by atoms with E-state index in [0.717, 1.165) is 16.6 Å². The predicted molar refractivity (Wildman–Crippen MR) is 114 cm³/mol. The van der Waals surface area contributed by atoms with Gasteiger partial charge in [-0.25, -0.2) is 4.98 Å². The Morgan fingerprint density at radius 2 is 1.82 bits per heavy atom. The summed E-state index contributed by atoms with van der Waals surface area (Å²) in [6.07, 6.45) is 8.90. The highest BCUT2D eigenvalue weighted by atomic mass is 32.2. The van der Waals surface area contributed by atoms with E-state index in [2.05, 4.69) is 29.3 Å². The number of carbonyl (C=O) groups is 1. The van der Waals surface area contributed by atoms with Crippen molar-refractivity contribution in [2.75, 3.05) is 5.75 Å². The number of furan rings is 1. The van der Waals surface area contributed by atoms with Crippen LogP contribution in [0.25, 0.3) is 23.2 Å². The van der Waals surface area contributed by atoms with Crippen LogP contribution in [-0.2, 0) is 0 Å². The van der Waals surface area contributed by atoms with Gasteiger partial charge < -0.3 is 4.42 Å². The van der Waals surface area contributed by atoms with Crippen LogP contribution in [0.15, 0.2) is 94.7 Å². The molecule has 2 aromatic heterocycles. The van der Waals surface area contributed by atoms with Gasteiger partial charge in [0.2, 0.25) is 0 Å². The molecule has 0 atom stereocenters. The van der Waals surface area contributed by atoms with Crippen LogP contribution in [0.3, 0.4) is 0 Å². The molecule has 5 heteroatoms. The molecular weight excluding hydrogens is 368 g/mol. The number of thioether (sulfide) groups is 1. The summed E-state index contributed by atoms with van der Waals surface area (Å²) in [5.41, 5.74) is 2.75.